The van der Waals surface area contributed by atoms with Gasteiger partial charge in [0, 0.05) is 6.54 Å². The molecule has 0 aromatic heterocycles. The molecule has 86 valence electrons. The lowest BCUT2D eigenvalue weighted by Crippen LogP contribution is -2.34. The van der Waals surface area contributed by atoms with Crippen LogP contribution in [0.1, 0.15) is 39.0 Å². The van der Waals surface area contributed by atoms with Gasteiger partial charge < -0.3 is 10.6 Å². The van der Waals surface area contributed by atoms with Gasteiger partial charge in [-0.15, -0.1) is 0 Å². The lowest BCUT2D eigenvalue weighted by atomic mass is 9.98. The first-order chi connectivity index (χ1) is 7.03. The Hall–Kier alpha value is -0.590. The van der Waals surface area contributed by atoms with E-state index in [1.165, 1.54) is 19.4 Å². The maximum Gasteiger partial charge on any atom is 0.101 e. The van der Waals surface area contributed by atoms with Crippen molar-refractivity contribution in [3.05, 3.63) is 0 Å². The summed E-state index contributed by atoms with van der Waals surface area (Å²) in [6, 6.07) is 2.14. The molecule has 1 aliphatic rings. The van der Waals surface area contributed by atoms with Gasteiger partial charge in [0.1, 0.15) is 5.54 Å². The summed E-state index contributed by atoms with van der Waals surface area (Å²) in [5.74, 6) is 0.967. The highest BCUT2D eigenvalue weighted by Gasteiger charge is 2.22. The Morgan fingerprint density at radius 3 is 2.67 bits per heavy atom. The summed E-state index contributed by atoms with van der Waals surface area (Å²) in [6.45, 7) is 4.19. The fourth-order valence-corrected chi connectivity index (χ4v) is 1.76. The van der Waals surface area contributed by atoms with Crippen LogP contribution >= 0.6 is 0 Å². The monoisotopic (exact) mass is 209 g/mol. The van der Waals surface area contributed by atoms with Crippen LogP contribution in [-0.2, 0) is 0 Å². The van der Waals surface area contributed by atoms with Crippen LogP contribution in [0.3, 0.4) is 0 Å². The molecule has 1 aliphatic carbocycles. The molecule has 0 heterocycles. The van der Waals surface area contributed by atoms with Crippen LogP contribution in [0.4, 0.5) is 0 Å². The molecule has 3 heteroatoms. The Morgan fingerprint density at radius 2 is 2.13 bits per heavy atom. The SMILES string of the molecule is CN(CCCCC(C)(N)C#N)CC1CC1. The highest BCUT2D eigenvalue weighted by atomic mass is 15.1. The predicted octanol–water partition coefficient (Wildman–Crippen LogP) is 1.74. The Balaban J connectivity index is 1.98. The van der Waals surface area contributed by atoms with Gasteiger partial charge in [-0.3, -0.25) is 0 Å². The van der Waals surface area contributed by atoms with Gasteiger partial charge in [0.05, 0.1) is 6.07 Å². The summed E-state index contributed by atoms with van der Waals surface area (Å²) in [5.41, 5.74) is 5.12. The van der Waals surface area contributed by atoms with E-state index in [4.69, 9.17) is 11.0 Å². The molecule has 1 saturated carbocycles. The first-order valence-corrected chi connectivity index (χ1v) is 5.92. The number of nitrogens with zero attached hydrogens (tertiary/aromatic N) is 2. The zero-order valence-electron chi connectivity index (χ0n) is 10.00. The van der Waals surface area contributed by atoms with Crippen LogP contribution < -0.4 is 5.73 Å². The van der Waals surface area contributed by atoms with Crippen molar-refractivity contribution in [2.75, 3.05) is 20.1 Å². The fourth-order valence-electron chi connectivity index (χ4n) is 1.76. The van der Waals surface area contributed by atoms with E-state index in [0.717, 1.165) is 31.7 Å². The van der Waals surface area contributed by atoms with Crippen molar-refractivity contribution in [3.63, 3.8) is 0 Å². The largest absolute Gasteiger partial charge is 0.314 e. The zero-order chi connectivity index (χ0) is 11.3. The van der Waals surface area contributed by atoms with E-state index in [9.17, 15) is 0 Å². The lowest BCUT2D eigenvalue weighted by Gasteiger charge is -2.18. The second kappa shape index (κ2) is 5.48. The van der Waals surface area contributed by atoms with Crippen LogP contribution in [0.15, 0.2) is 0 Å². The first kappa shape index (κ1) is 12.5. The third-order valence-corrected chi connectivity index (χ3v) is 3.01. The molecule has 2 N–H and O–H groups in total. The van der Waals surface area contributed by atoms with Crippen molar-refractivity contribution < 1.29 is 0 Å². The van der Waals surface area contributed by atoms with E-state index < -0.39 is 5.54 Å². The molecular weight excluding hydrogens is 186 g/mol. The highest BCUT2D eigenvalue weighted by Crippen LogP contribution is 2.29. The van der Waals surface area contributed by atoms with E-state index in [0.29, 0.717) is 0 Å². The smallest absolute Gasteiger partial charge is 0.101 e. The second-order valence-corrected chi connectivity index (χ2v) is 5.19. The zero-order valence-corrected chi connectivity index (χ0v) is 10.00. The van der Waals surface area contributed by atoms with Crippen LogP contribution in [0.5, 0.6) is 0 Å². The number of nitriles is 1. The Kier molecular flexibility index (Phi) is 4.56. The average molecular weight is 209 g/mol. The van der Waals surface area contributed by atoms with Crippen molar-refractivity contribution in [1.82, 2.24) is 4.90 Å². The van der Waals surface area contributed by atoms with Crippen molar-refractivity contribution >= 4 is 0 Å². The molecule has 0 amide bonds. The first-order valence-electron chi connectivity index (χ1n) is 5.92. The van der Waals surface area contributed by atoms with Crippen molar-refractivity contribution in [1.29, 1.82) is 5.26 Å². The van der Waals surface area contributed by atoms with E-state index in [-0.39, 0.29) is 0 Å². The average Bonchev–Trinajstić information content (AvgIpc) is 2.96. The molecule has 15 heavy (non-hydrogen) atoms. The van der Waals surface area contributed by atoms with Crippen molar-refractivity contribution in [2.24, 2.45) is 11.7 Å². The predicted molar refractivity (Wildman–Crippen MR) is 62.3 cm³/mol. The third-order valence-electron chi connectivity index (χ3n) is 3.01. The van der Waals surface area contributed by atoms with E-state index >= 15 is 0 Å². The van der Waals surface area contributed by atoms with E-state index in [1.807, 2.05) is 0 Å². The molecule has 0 aromatic rings. The quantitative estimate of drug-likeness (QED) is 0.650. The summed E-state index contributed by atoms with van der Waals surface area (Å²) >= 11 is 0. The maximum absolute atomic E-state index is 8.74. The third kappa shape index (κ3) is 5.76. The lowest BCUT2D eigenvalue weighted by molar-refractivity contribution is 0.308. The van der Waals surface area contributed by atoms with Crippen molar-refractivity contribution in [3.8, 4) is 6.07 Å². The molecular formula is C12H23N3. The number of hydrogen-bond donors (Lipinski definition) is 1. The molecule has 1 unspecified atom stereocenters. The van der Waals surface area contributed by atoms with Gasteiger partial charge >= 0.3 is 0 Å². The molecule has 0 bridgehead atoms. The van der Waals surface area contributed by atoms with Crippen molar-refractivity contribution in [2.45, 2.75) is 44.6 Å². The standard InChI is InChI=1S/C12H23N3/c1-12(14,10-13)7-3-4-8-15(2)9-11-5-6-11/h11H,3-9,14H2,1-2H3. The highest BCUT2D eigenvalue weighted by molar-refractivity contribution is 5.00. The Bertz CT molecular complexity index is 226. The van der Waals surface area contributed by atoms with E-state index in [1.54, 1.807) is 6.92 Å². The molecule has 0 radical (unpaired) electrons. The van der Waals surface area contributed by atoms with Crippen LogP contribution in [0.25, 0.3) is 0 Å². The van der Waals surface area contributed by atoms with Gasteiger partial charge in [0.15, 0.2) is 0 Å². The van der Waals surface area contributed by atoms with Gasteiger partial charge in [-0.25, -0.2) is 0 Å². The Morgan fingerprint density at radius 1 is 1.47 bits per heavy atom. The summed E-state index contributed by atoms with van der Waals surface area (Å²) in [7, 11) is 2.18. The summed E-state index contributed by atoms with van der Waals surface area (Å²) < 4.78 is 0. The fraction of sp³-hybridized carbons (Fsp3) is 0.917. The van der Waals surface area contributed by atoms with Gasteiger partial charge in [0.2, 0.25) is 0 Å². The Labute approximate surface area is 93.2 Å². The summed E-state index contributed by atoms with van der Waals surface area (Å²) in [5, 5.41) is 8.74. The summed E-state index contributed by atoms with van der Waals surface area (Å²) in [6.07, 6.45) is 5.84. The molecule has 1 fully saturated rings. The molecule has 1 rings (SSSR count). The molecule has 1 atom stereocenters. The topological polar surface area (TPSA) is 53.0 Å². The van der Waals surface area contributed by atoms with Crippen LogP contribution in [-0.4, -0.2) is 30.6 Å². The molecule has 0 aliphatic heterocycles. The van der Waals surface area contributed by atoms with E-state index in [2.05, 4.69) is 18.0 Å². The van der Waals surface area contributed by atoms with Gasteiger partial charge in [-0.2, -0.15) is 5.26 Å². The maximum atomic E-state index is 8.74. The number of hydrogen-bond acceptors (Lipinski definition) is 3. The number of nitrogens with two attached hydrogens (primary N) is 1. The van der Waals surface area contributed by atoms with Gasteiger partial charge in [-0.05, 0) is 58.5 Å². The molecule has 0 saturated heterocycles. The van der Waals surface area contributed by atoms with Gasteiger partial charge in [-0.1, -0.05) is 0 Å². The number of rotatable bonds is 7. The van der Waals surface area contributed by atoms with Gasteiger partial charge in [0.25, 0.3) is 0 Å². The molecule has 0 spiro atoms. The minimum atomic E-state index is -0.630. The minimum Gasteiger partial charge on any atom is -0.314 e. The van der Waals surface area contributed by atoms with Crippen LogP contribution in [0.2, 0.25) is 0 Å². The number of unbranched alkanes of at least 4 members (excludes halogenated alkanes) is 1. The minimum absolute atomic E-state index is 0.630. The normalized spacial score (nSPS) is 19.9. The van der Waals surface area contributed by atoms with Crippen LogP contribution in [0, 0.1) is 17.2 Å². The summed E-state index contributed by atoms with van der Waals surface area (Å²) in [4.78, 5) is 2.40. The molecule has 0 aromatic carbocycles. The second-order valence-electron chi connectivity index (χ2n) is 5.19. The molecule has 3 nitrogen and oxygen atoms in total.